The predicted octanol–water partition coefficient (Wildman–Crippen LogP) is 0.596. The monoisotopic (exact) mass is 588 g/mol. The number of aromatic nitrogens is 6. The number of imidazole rings is 1. The summed E-state index contributed by atoms with van der Waals surface area (Å²) < 4.78 is 49.4. The number of benzene rings is 1. The summed E-state index contributed by atoms with van der Waals surface area (Å²) in [6.45, 7) is -0.563. The van der Waals surface area contributed by atoms with E-state index in [0.29, 0.717) is 22.5 Å². The minimum absolute atomic E-state index is 0.0687. The molecule has 0 amide bonds. The fourth-order valence-electron chi connectivity index (χ4n) is 5.10. The van der Waals surface area contributed by atoms with Gasteiger partial charge in [-0.3, -0.25) is 4.57 Å². The molecule has 0 spiro atoms. The number of anilines is 1. The lowest BCUT2D eigenvalue weighted by Gasteiger charge is -2.18. The Labute approximate surface area is 233 Å². The minimum atomic E-state index is -3.89. The van der Waals surface area contributed by atoms with E-state index < -0.39 is 47.0 Å². The summed E-state index contributed by atoms with van der Waals surface area (Å²) in [6, 6.07) is 4.69. The number of hydrogen-bond donors (Lipinski definition) is 5. The molecule has 16 heteroatoms. The molecule has 3 aromatic heterocycles. The van der Waals surface area contributed by atoms with Crippen LogP contribution in [-0.4, -0.2) is 84.0 Å². The Kier molecular flexibility index (Phi) is 7.43. The Morgan fingerprint density at radius 3 is 2.56 bits per heavy atom. The van der Waals surface area contributed by atoms with E-state index in [1.807, 2.05) is 0 Å². The van der Waals surface area contributed by atoms with Crippen LogP contribution in [0.25, 0.3) is 17.1 Å². The van der Waals surface area contributed by atoms with E-state index in [9.17, 15) is 28.1 Å². The van der Waals surface area contributed by atoms with Gasteiger partial charge in [-0.1, -0.05) is 12.8 Å². The Morgan fingerprint density at radius 1 is 1.10 bits per heavy atom. The Bertz CT molecular complexity index is 1640. The first-order chi connectivity index (χ1) is 19.7. The first-order valence-electron chi connectivity index (χ1n) is 13.2. The molecule has 0 bridgehead atoms. The van der Waals surface area contributed by atoms with Crippen molar-refractivity contribution in [2.45, 2.75) is 67.7 Å². The molecule has 218 valence electrons. The highest BCUT2D eigenvalue weighted by atomic mass is 32.2. The second kappa shape index (κ2) is 11.0. The molecule has 6 rings (SSSR count). The van der Waals surface area contributed by atoms with Crippen LogP contribution in [-0.2, 0) is 21.3 Å². The zero-order valence-corrected chi connectivity index (χ0v) is 22.5. The predicted molar refractivity (Wildman–Crippen MR) is 142 cm³/mol. The Balaban J connectivity index is 1.31. The SMILES string of the molecule is O=S(=O)(NCc1cnn(-c2nc(NC3CCCC3)c3ncn(C4OC(CO)C(O)C4O)c3n2)c1)c1ccc(F)cc1. The van der Waals surface area contributed by atoms with Crippen LogP contribution in [0.1, 0.15) is 37.5 Å². The van der Waals surface area contributed by atoms with Crippen LogP contribution >= 0.6 is 0 Å². The number of aliphatic hydroxyl groups is 3. The van der Waals surface area contributed by atoms with E-state index in [-0.39, 0.29) is 23.4 Å². The number of hydrogen-bond acceptors (Lipinski definition) is 11. The van der Waals surface area contributed by atoms with Crippen LogP contribution in [0.15, 0.2) is 47.9 Å². The molecule has 2 aliphatic rings. The molecule has 4 unspecified atom stereocenters. The van der Waals surface area contributed by atoms with Crippen molar-refractivity contribution in [3.05, 3.63) is 54.4 Å². The molecular formula is C25H29FN8O6S. The molecule has 14 nitrogen and oxygen atoms in total. The second-order valence-corrected chi connectivity index (χ2v) is 11.9. The standard InChI is InChI=1S/C25H29FN8O6S/c26-15-5-7-17(8-6-15)41(38,39)29-10-14-9-28-34(11-14)25-31-22(30-16-3-1-2-4-16)19-23(32-25)33(13-27-19)24-21(37)20(36)18(12-35)40-24/h5-9,11,13,16,18,20-21,24,29,35-37H,1-4,10,12H2,(H,30,31,32). The van der Waals surface area contributed by atoms with Crippen LogP contribution in [0.4, 0.5) is 10.2 Å². The highest BCUT2D eigenvalue weighted by Gasteiger charge is 2.44. The van der Waals surface area contributed by atoms with Crippen LogP contribution in [0, 0.1) is 5.82 Å². The molecule has 2 fully saturated rings. The molecule has 1 saturated carbocycles. The first-order valence-corrected chi connectivity index (χ1v) is 14.6. The molecule has 1 aromatic carbocycles. The number of sulfonamides is 1. The minimum Gasteiger partial charge on any atom is -0.394 e. The fraction of sp³-hybridized carbons (Fsp3) is 0.440. The van der Waals surface area contributed by atoms with Gasteiger partial charge < -0.3 is 25.4 Å². The van der Waals surface area contributed by atoms with Gasteiger partial charge in [-0.15, -0.1) is 0 Å². The molecule has 41 heavy (non-hydrogen) atoms. The van der Waals surface area contributed by atoms with E-state index in [0.717, 1.165) is 37.8 Å². The molecule has 4 aromatic rings. The number of halogens is 1. The number of nitrogens with zero attached hydrogens (tertiary/aromatic N) is 6. The molecule has 0 radical (unpaired) electrons. The van der Waals surface area contributed by atoms with Gasteiger partial charge in [-0.2, -0.15) is 15.1 Å². The maximum atomic E-state index is 13.2. The van der Waals surface area contributed by atoms with Crippen LogP contribution < -0.4 is 10.0 Å². The van der Waals surface area contributed by atoms with E-state index in [1.165, 1.54) is 33.9 Å². The highest BCUT2D eigenvalue weighted by molar-refractivity contribution is 7.89. The summed E-state index contributed by atoms with van der Waals surface area (Å²) in [4.78, 5) is 13.7. The molecular weight excluding hydrogens is 559 g/mol. The molecule has 1 aliphatic carbocycles. The summed E-state index contributed by atoms with van der Waals surface area (Å²) in [6.07, 6.45) is 3.93. The van der Waals surface area contributed by atoms with Crippen LogP contribution in [0.2, 0.25) is 0 Å². The van der Waals surface area contributed by atoms with E-state index in [4.69, 9.17) is 4.74 Å². The smallest absolute Gasteiger partial charge is 0.254 e. The number of fused-ring (bicyclic) bond motifs is 1. The van der Waals surface area contributed by atoms with Gasteiger partial charge in [0.25, 0.3) is 5.95 Å². The molecule has 1 saturated heterocycles. The average molecular weight is 589 g/mol. The highest BCUT2D eigenvalue weighted by Crippen LogP contribution is 2.33. The summed E-state index contributed by atoms with van der Waals surface area (Å²) in [7, 11) is -3.89. The van der Waals surface area contributed by atoms with Gasteiger partial charge in [0.2, 0.25) is 10.0 Å². The number of nitrogens with one attached hydrogen (secondary N) is 2. The zero-order chi connectivity index (χ0) is 28.7. The molecule has 4 atom stereocenters. The third-order valence-corrected chi connectivity index (χ3v) is 8.75. The summed E-state index contributed by atoms with van der Waals surface area (Å²) in [5.41, 5.74) is 1.25. The zero-order valence-electron chi connectivity index (χ0n) is 21.7. The van der Waals surface area contributed by atoms with Gasteiger partial charge in [-0.25, -0.2) is 27.2 Å². The van der Waals surface area contributed by atoms with Crippen molar-refractivity contribution >= 4 is 27.0 Å². The van der Waals surface area contributed by atoms with Crippen molar-refractivity contribution in [2.75, 3.05) is 11.9 Å². The second-order valence-electron chi connectivity index (χ2n) is 10.1. The lowest BCUT2D eigenvalue weighted by Crippen LogP contribution is -2.33. The van der Waals surface area contributed by atoms with Crippen molar-refractivity contribution in [1.82, 2.24) is 34.0 Å². The summed E-state index contributed by atoms with van der Waals surface area (Å²) in [5.74, 6) is 0.0688. The Hall–Kier alpha value is -3.54. The third kappa shape index (κ3) is 5.41. The number of ether oxygens (including phenoxy) is 1. The lowest BCUT2D eigenvalue weighted by molar-refractivity contribution is -0.0511. The van der Waals surface area contributed by atoms with Gasteiger partial charge >= 0.3 is 0 Å². The van der Waals surface area contributed by atoms with E-state index >= 15 is 0 Å². The normalized spacial score (nSPS) is 23.5. The summed E-state index contributed by atoms with van der Waals surface area (Å²) >= 11 is 0. The van der Waals surface area contributed by atoms with Crippen molar-refractivity contribution in [1.29, 1.82) is 0 Å². The molecule has 5 N–H and O–H groups in total. The number of rotatable bonds is 9. The Morgan fingerprint density at radius 2 is 1.85 bits per heavy atom. The van der Waals surface area contributed by atoms with Gasteiger partial charge in [0.1, 0.15) is 24.1 Å². The largest absolute Gasteiger partial charge is 0.394 e. The van der Waals surface area contributed by atoms with Crippen LogP contribution in [0.3, 0.4) is 0 Å². The maximum Gasteiger partial charge on any atom is 0.254 e. The van der Waals surface area contributed by atoms with Gasteiger partial charge in [-0.05, 0) is 37.1 Å². The average Bonchev–Trinajstić information content (AvgIpc) is 3.76. The van der Waals surface area contributed by atoms with Gasteiger partial charge in [0.05, 0.1) is 24.0 Å². The fourth-order valence-corrected chi connectivity index (χ4v) is 6.12. The van der Waals surface area contributed by atoms with Gasteiger partial charge in [0, 0.05) is 24.3 Å². The first kappa shape index (κ1) is 27.6. The van der Waals surface area contributed by atoms with Crippen molar-refractivity contribution < 1.29 is 32.9 Å². The van der Waals surface area contributed by atoms with E-state index in [2.05, 4.69) is 30.1 Å². The molecule has 1 aliphatic heterocycles. The quantitative estimate of drug-likeness (QED) is 0.184. The van der Waals surface area contributed by atoms with Gasteiger partial charge in [0.15, 0.2) is 23.2 Å². The maximum absolute atomic E-state index is 13.2. The molecule has 4 heterocycles. The van der Waals surface area contributed by atoms with Crippen molar-refractivity contribution in [3.63, 3.8) is 0 Å². The van der Waals surface area contributed by atoms with Crippen molar-refractivity contribution in [2.24, 2.45) is 0 Å². The van der Waals surface area contributed by atoms with E-state index in [1.54, 1.807) is 6.20 Å². The summed E-state index contributed by atoms with van der Waals surface area (Å²) in [5, 5.41) is 38.2. The lowest BCUT2D eigenvalue weighted by atomic mass is 10.1. The van der Waals surface area contributed by atoms with Crippen molar-refractivity contribution in [3.8, 4) is 5.95 Å². The topological polar surface area (TPSA) is 190 Å². The van der Waals surface area contributed by atoms with Crippen LogP contribution in [0.5, 0.6) is 0 Å². The third-order valence-electron chi connectivity index (χ3n) is 7.33. The number of aliphatic hydroxyl groups excluding tert-OH is 3.